The molecular formula is C20H32N4O. The zero-order valence-corrected chi connectivity index (χ0v) is 15.7. The number of imidazole rings is 1. The van der Waals surface area contributed by atoms with Gasteiger partial charge in [0.05, 0.1) is 6.54 Å². The molecule has 1 aliphatic heterocycles. The minimum Gasteiger partial charge on any atom is -0.341 e. The summed E-state index contributed by atoms with van der Waals surface area (Å²) >= 11 is 0. The molecule has 3 fully saturated rings. The number of rotatable bonds is 5. The first-order valence-corrected chi connectivity index (χ1v) is 10.2. The van der Waals surface area contributed by atoms with Crippen LogP contribution in [0, 0.1) is 17.8 Å². The van der Waals surface area contributed by atoms with Gasteiger partial charge in [-0.25, -0.2) is 4.98 Å². The summed E-state index contributed by atoms with van der Waals surface area (Å²) in [5.41, 5.74) is 0. The van der Waals surface area contributed by atoms with Crippen molar-refractivity contribution < 1.29 is 4.79 Å². The van der Waals surface area contributed by atoms with E-state index in [9.17, 15) is 4.79 Å². The van der Waals surface area contributed by atoms with Crippen LogP contribution in [0.2, 0.25) is 0 Å². The molecule has 1 aromatic heterocycles. The maximum atomic E-state index is 12.8. The zero-order valence-electron chi connectivity index (χ0n) is 15.7. The average molecular weight is 345 g/mol. The van der Waals surface area contributed by atoms with Gasteiger partial charge in [0.1, 0.15) is 5.82 Å². The summed E-state index contributed by atoms with van der Waals surface area (Å²) in [4.78, 5) is 22.0. The van der Waals surface area contributed by atoms with Crippen molar-refractivity contribution in [3.05, 3.63) is 18.2 Å². The Morgan fingerprint density at radius 2 is 2.04 bits per heavy atom. The van der Waals surface area contributed by atoms with Crippen molar-refractivity contribution in [2.24, 2.45) is 17.8 Å². The Morgan fingerprint density at radius 1 is 1.20 bits per heavy atom. The number of carbonyl (C=O) groups excluding carboxylic acids is 1. The van der Waals surface area contributed by atoms with Crippen molar-refractivity contribution in [3.8, 4) is 0 Å². The van der Waals surface area contributed by atoms with Crippen LogP contribution in [-0.4, -0.2) is 51.4 Å². The fourth-order valence-electron chi connectivity index (χ4n) is 4.61. The van der Waals surface area contributed by atoms with Crippen LogP contribution in [0.1, 0.15) is 57.8 Å². The van der Waals surface area contributed by atoms with E-state index in [-0.39, 0.29) is 0 Å². The Labute approximate surface area is 151 Å². The standard InChI is InChI=1S/C20H32N4O/c1-15(2)24-10-7-21-19(24)14-22-8-4-9-23(12-11-22)20(25)18-13-17(18)16-5-3-6-16/h7,10,15-18H,3-6,8-9,11-14H2,1-2H3/t17-,18+/m0/s1. The Bertz CT molecular complexity index is 607. The Balaban J connectivity index is 1.30. The van der Waals surface area contributed by atoms with E-state index >= 15 is 0 Å². The molecule has 1 saturated heterocycles. The van der Waals surface area contributed by atoms with Gasteiger partial charge in [-0.3, -0.25) is 9.69 Å². The maximum Gasteiger partial charge on any atom is 0.226 e. The van der Waals surface area contributed by atoms with Gasteiger partial charge in [0.25, 0.3) is 0 Å². The largest absolute Gasteiger partial charge is 0.341 e. The van der Waals surface area contributed by atoms with Crippen LogP contribution in [0.25, 0.3) is 0 Å². The molecular weight excluding hydrogens is 312 g/mol. The Morgan fingerprint density at radius 3 is 2.76 bits per heavy atom. The minimum absolute atomic E-state index is 0.358. The van der Waals surface area contributed by atoms with Gasteiger partial charge < -0.3 is 9.47 Å². The SMILES string of the molecule is CC(C)n1ccnc1CN1CCCN(C(=O)[C@@H]2C[C@H]2C2CCC2)CC1. The normalized spacial score (nSPS) is 28.0. The molecule has 0 spiro atoms. The number of hydrogen-bond donors (Lipinski definition) is 0. The molecule has 2 saturated carbocycles. The molecule has 0 radical (unpaired) electrons. The molecule has 2 aliphatic carbocycles. The number of nitrogens with zero attached hydrogens (tertiary/aromatic N) is 4. The lowest BCUT2D eigenvalue weighted by atomic mass is 9.81. The second-order valence-corrected chi connectivity index (χ2v) is 8.50. The first-order valence-electron chi connectivity index (χ1n) is 10.2. The minimum atomic E-state index is 0.358. The van der Waals surface area contributed by atoms with Crippen LogP contribution < -0.4 is 0 Å². The molecule has 5 nitrogen and oxygen atoms in total. The third-order valence-corrected chi connectivity index (χ3v) is 6.48. The third-order valence-electron chi connectivity index (χ3n) is 6.48. The summed E-state index contributed by atoms with van der Waals surface area (Å²) in [6.07, 6.45) is 10.3. The predicted octanol–water partition coefficient (Wildman–Crippen LogP) is 2.93. The molecule has 0 bridgehead atoms. The van der Waals surface area contributed by atoms with E-state index in [4.69, 9.17) is 0 Å². The van der Waals surface area contributed by atoms with E-state index in [1.54, 1.807) is 0 Å². The van der Waals surface area contributed by atoms with Gasteiger partial charge in [0, 0.05) is 50.5 Å². The highest BCUT2D eigenvalue weighted by Crippen LogP contribution is 2.52. The van der Waals surface area contributed by atoms with E-state index in [2.05, 4.69) is 39.4 Å². The van der Waals surface area contributed by atoms with Gasteiger partial charge in [-0.15, -0.1) is 0 Å². The lowest BCUT2D eigenvalue weighted by molar-refractivity contribution is -0.133. The van der Waals surface area contributed by atoms with E-state index in [0.29, 0.717) is 17.9 Å². The molecule has 4 rings (SSSR count). The summed E-state index contributed by atoms with van der Waals surface area (Å²) in [7, 11) is 0. The quantitative estimate of drug-likeness (QED) is 0.825. The van der Waals surface area contributed by atoms with Gasteiger partial charge in [0.2, 0.25) is 5.91 Å². The fourth-order valence-corrected chi connectivity index (χ4v) is 4.61. The summed E-state index contributed by atoms with van der Waals surface area (Å²) in [6, 6.07) is 0.445. The molecule has 25 heavy (non-hydrogen) atoms. The number of aromatic nitrogens is 2. The van der Waals surface area contributed by atoms with Crippen molar-refractivity contribution in [1.82, 2.24) is 19.4 Å². The van der Waals surface area contributed by atoms with Gasteiger partial charge in [-0.1, -0.05) is 19.3 Å². The highest BCUT2D eigenvalue weighted by atomic mass is 16.2. The lowest BCUT2D eigenvalue weighted by Gasteiger charge is -2.27. The highest BCUT2D eigenvalue weighted by Gasteiger charge is 2.50. The fraction of sp³-hybridized carbons (Fsp3) is 0.800. The molecule has 0 N–H and O–H groups in total. The smallest absolute Gasteiger partial charge is 0.226 e. The molecule has 2 heterocycles. The molecule has 1 aromatic rings. The molecule has 2 atom stereocenters. The van der Waals surface area contributed by atoms with Crippen LogP contribution in [0.3, 0.4) is 0 Å². The van der Waals surface area contributed by atoms with Gasteiger partial charge in [-0.2, -0.15) is 0 Å². The monoisotopic (exact) mass is 344 g/mol. The molecule has 3 aliphatic rings. The molecule has 0 unspecified atom stereocenters. The van der Waals surface area contributed by atoms with Crippen molar-refractivity contribution in [1.29, 1.82) is 0 Å². The Kier molecular flexibility index (Phi) is 4.85. The summed E-state index contributed by atoms with van der Waals surface area (Å²) in [5, 5.41) is 0. The van der Waals surface area contributed by atoms with Crippen molar-refractivity contribution in [3.63, 3.8) is 0 Å². The van der Waals surface area contributed by atoms with Crippen molar-refractivity contribution in [2.75, 3.05) is 26.2 Å². The third kappa shape index (κ3) is 3.62. The summed E-state index contributed by atoms with van der Waals surface area (Å²) in [6.45, 7) is 9.13. The maximum absolute atomic E-state index is 12.8. The summed E-state index contributed by atoms with van der Waals surface area (Å²) < 4.78 is 2.25. The van der Waals surface area contributed by atoms with E-state index in [0.717, 1.165) is 63.2 Å². The molecule has 138 valence electrons. The average Bonchev–Trinajstić information content (AvgIpc) is 3.21. The number of carbonyl (C=O) groups is 1. The van der Waals surface area contributed by atoms with Crippen LogP contribution in [0.4, 0.5) is 0 Å². The second kappa shape index (κ2) is 7.10. The van der Waals surface area contributed by atoms with Crippen molar-refractivity contribution in [2.45, 2.75) is 58.5 Å². The van der Waals surface area contributed by atoms with Gasteiger partial charge in [-0.05, 0) is 38.5 Å². The summed E-state index contributed by atoms with van der Waals surface area (Å²) in [5.74, 6) is 3.53. The Hall–Kier alpha value is -1.36. The van der Waals surface area contributed by atoms with Gasteiger partial charge >= 0.3 is 0 Å². The molecule has 5 heteroatoms. The number of amides is 1. The predicted molar refractivity (Wildman–Crippen MR) is 98.0 cm³/mol. The lowest BCUT2D eigenvalue weighted by Crippen LogP contribution is -2.37. The topological polar surface area (TPSA) is 41.4 Å². The zero-order chi connectivity index (χ0) is 17.4. The van der Waals surface area contributed by atoms with Gasteiger partial charge in [0.15, 0.2) is 0 Å². The highest BCUT2D eigenvalue weighted by molar-refractivity contribution is 5.81. The van der Waals surface area contributed by atoms with Crippen LogP contribution >= 0.6 is 0 Å². The molecule has 1 amide bonds. The van der Waals surface area contributed by atoms with Crippen LogP contribution in [0.5, 0.6) is 0 Å². The first kappa shape index (κ1) is 17.1. The number of hydrogen-bond acceptors (Lipinski definition) is 3. The van der Waals surface area contributed by atoms with Crippen LogP contribution in [0.15, 0.2) is 12.4 Å². The van der Waals surface area contributed by atoms with Crippen LogP contribution in [-0.2, 0) is 11.3 Å². The second-order valence-electron chi connectivity index (χ2n) is 8.50. The first-order chi connectivity index (χ1) is 12.1. The van der Waals surface area contributed by atoms with Crippen molar-refractivity contribution >= 4 is 5.91 Å². The van der Waals surface area contributed by atoms with E-state index in [1.165, 1.54) is 19.3 Å². The molecule has 0 aromatic carbocycles. The van der Waals surface area contributed by atoms with E-state index in [1.807, 2.05) is 6.20 Å². The van der Waals surface area contributed by atoms with E-state index < -0.39 is 0 Å².